The van der Waals surface area contributed by atoms with E-state index in [0.717, 1.165) is 62.1 Å². The minimum atomic E-state index is 0.0660. The smallest absolute Gasteiger partial charge is 0.253 e. The maximum absolute atomic E-state index is 12.9. The molecule has 0 spiro atoms. The molecule has 1 aromatic carbocycles. The third-order valence-corrected chi connectivity index (χ3v) is 5.04. The summed E-state index contributed by atoms with van der Waals surface area (Å²) in [4.78, 5) is 28.9. The molecule has 0 bridgehead atoms. The van der Waals surface area contributed by atoms with Crippen LogP contribution in [0.5, 0.6) is 5.75 Å². The standard InChI is InChI=1S/C20H28N2O3/c1-2-3-7-19(23)21-10-5-11-22(13-12-21)20(24)17-8-9-18-16(15-17)6-4-14-25-18/h8-9,15H,2-7,10-14H2,1H3. The lowest BCUT2D eigenvalue weighted by Gasteiger charge is -2.23. The van der Waals surface area contributed by atoms with Gasteiger partial charge in [-0.05, 0) is 49.4 Å². The molecule has 1 aromatic rings. The molecule has 136 valence electrons. The van der Waals surface area contributed by atoms with Crippen LogP contribution in [0.2, 0.25) is 0 Å². The zero-order valence-electron chi connectivity index (χ0n) is 15.1. The van der Waals surface area contributed by atoms with Crippen LogP contribution < -0.4 is 4.74 Å². The Morgan fingerprint density at radius 3 is 2.72 bits per heavy atom. The summed E-state index contributed by atoms with van der Waals surface area (Å²) in [5, 5.41) is 0. The summed E-state index contributed by atoms with van der Waals surface area (Å²) in [6.45, 7) is 5.58. The van der Waals surface area contributed by atoms with Crippen molar-refractivity contribution >= 4 is 11.8 Å². The SMILES string of the molecule is CCCCC(=O)N1CCCN(C(=O)c2ccc3c(c2)CCCO3)CC1. The van der Waals surface area contributed by atoms with Gasteiger partial charge in [-0.2, -0.15) is 0 Å². The lowest BCUT2D eigenvalue weighted by Crippen LogP contribution is -2.37. The lowest BCUT2D eigenvalue weighted by atomic mass is 10.0. The van der Waals surface area contributed by atoms with Crippen LogP contribution in [0.25, 0.3) is 0 Å². The number of aryl methyl sites for hydroxylation is 1. The van der Waals surface area contributed by atoms with Crippen molar-refractivity contribution in [3.8, 4) is 5.75 Å². The van der Waals surface area contributed by atoms with E-state index in [0.29, 0.717) is 26.1 Å². The summed E-state index contributed by atoms with van der Waals surface area (Å²) < 4.78 is 5.63. The third-order valence-electron chi connectivity index (χ3n) is 5.04. The maximum atomic E-state index is 12.9. The second kappa shape index (κ2) is 8.37. The van der Waals surface area contributed by atoms with Crippen molar-refractivity contribution in [2.45, 2.75) is 45.4 Å². The molecule has 0 aromatic heterocycles. The summed E-state index contributed by atoms with van der Waals surface area (Å²) >= 11 is 0. The monoisotopic (exact) mass is 344 g/mol. The first kappa shape index (κ1) is 17.8. The number of fused-ring (bicyclic) bond motifs is 1. The second-order valence-electron chi connectivity index (χ2n) is 6.90. The predicted octanol–water partition coefficient (Wildman–Crippen LogP) is 2.88. The first-order chi connectivity index (χ1) is 12.2. The molecular formula is C20H28N2O3. The van der Waals surface area contributed by atoms with Crippen LogP contribution in [0, 0.1) is 0 Å². The van der Waals surface area contributed by atoms with Crippen LogP contribution in [0.3, 0.4) is 0 Å². The predicted molar refractivity (Wildman–Crippen MR) is 96.9 cm³/mol. The average molecular weight is 344 g/mol. The van der Waals surface area contributed by atoms with Gasteiger partial charge in [0.15, 0.2) is 0 Å². The Kier molecular flexibility index (Phi) is 5.95. The number of nitrogens with zero attached hydrogens (tertiary/aromatic N) is 2. The van der Waals surface area contributed by atoms with Gasteiger partial charge < -0.3 is 14.5 Å². The molecule has 0 unspecified atom stereocenters. The quantitative estimate of drug-likeness (QED) is 0.844. The number of carbonyl (C=O) groups excluding carboxylic acids is 2. The van der Waals surface area contributed by atoms with Gasteiger partial charge in [-0.25, -0.2) is 0 Å². The van der Waals surface area contributed by atoms with E-state index in [-0.39, 0.29) is 11.8 Å². The first-order valence-corrected chi connectivity index (χ1v) is 9.52. The normalized spacial score (nSPS) is 17.5. The molecule has 2 heterocycles. The van der Waals surface area contributed by atoms with Gasteiger partial charge in [-0.3, -0.25) is 9.59 Å². The minimum Gasteiger partial charge on any atom is -0.493 e. The molecule has 0 N–H and O–H groups in total. The first-order valence-electron chi connectivity index (χ1n) is 9.52. The minimum absolute atomic E-state index is 0.0660. The Hall–Kier alpha value is -2.04. The fraction of sp³-hybridized carbons (Fsp3) is 0.600. The Balaban J connectivity index is 1.62. The van der Waals surface area contributed by atoms with Crippen molar-refractivity contribution in [1.29, 1.82) is 0 Å². The van der Waals surface area contributed by atoms with E-state index in [1.807, 2.05) is 28.0 Å². The number of rotatable bonds is 4. The summed E-state index contributed by atoms with van der Waals surface area (Å²) in [5.74, 6) is 1.20. The van der Waals surface area contributed by atoms with E-state index in [9.17, 15) is 9.59 Å². The van der Waals surface area contributed by atoms with Crippen LogP contribution in [-0.2, 0) is 11.2 Å². The van der Waals surface area contributed by atoms with Gasteiger partial charge in [0, 0.05) is 38.2 Å². The van der Waals surface area contributed by atoms with E-state index < -0.39 is 0 Å². The van der Waals surface area contributed by atoms with Crippen molar-refractivity contribution < 1.29 is 14.3 Å². The number of hydrogen-bond acceptors (Lipinski definition) is 3. The van der Waals surface area contributed by atoms with E-state index in [4.69, 9.17) is 4.74 Å². The van der Waals surface area contributed by atoms with Gasteiger partial charge >= 0.3 is 0 Å². The molecule has 5 heteroatoms. The van der Waals surface area contributed by atoms with Crippen LogP contribution in [0.4, 0.5) is 0 Å². The number of ether oxygens (including phenoxy) is 1. The highest BCUT2D eigenvalue weighted by Gasteiger charge is 2.23. The van der Waals surface area contributed by atoms with Gasteiger partial charge in [-0.15, -0.1) is 0 Å². The molecule has 0 radical (unpaired) electrons. The van der Waals surface area contributed by atoms with Crippen LogP contribution in [-0.4, -0.2) is 54.4 Å². The average Bonchev–Trinajstić information content (AvgIpc) is 2.91. The molecule has 0 atom stereocenters. The van der Waals surface area contributed by atoms with Gasteiger partial charge in [0.1, 0.15) is 5.75 Å². The van der Waals surface area contributed by atoms with Crippen molar-refractivity contribution in [2.24, 2.45) is 0 Å². The zero-order chi connectivity index (χ0) is 17.6. The molecule has 2 aliphatic rings. The number of amides is 2. The lowest BCUT2D eigenvalue weighted by molar-refractivity contribution is -0.131. The van der Waals surface area contributed by atoms with Crippen LogP contribution in [0.15, 0.2) is 18.2 Å². The van der Waals surface area contributed by atoms with E-state index >= 15 is 0 Å². The number of unbranched alkanes of at least 4 members (excludes halogenated alkanes) is 1. The number of hydrogen-bond donors (Lipinski definition) is 0. The number of benzene rings is 1. The van der Waals surface area contributed by atoms with Gasteiger partial charge in [-0.1, -0.05) is 13.3 Å². The Labute approximate surface area is 149 Å². The maximum Gasteiger partial charge on any atom is 0.253 e. The van der Waals surface area contributed by atoms with E-state index in [1.54, 1.807) is 0 Å². The van der Waals surface area contributed by atoms with Crippen LogP contribution >= 0.6 is 0 Å². The highest BCUT2D eigenvalue weighted by atomic mass is 16.5. The Morgan fingerprint density at radius 2 is 1.88 bits per heavy atom. The van der Waals surface area contributed by atoms with Crippen molar-refractivity contribution in [3.05, 3.63) is 29.3 Å². The zero-order valence-corrected chi connectivity index (χ0v) is 15.1. The summed E-state index contributed by atoms with van der Waals surface area (Å²) in [6.07, 6.45) is 5.41. The fourth-order valence-corrected chi connectivity index (χ4v) is 3.53. The molecule has 3 rings (SSSR count). The molecule has 1 fully saturated rings. The largest absolute Gasteiger partial charge is 0.493 e. The second-order valence-corrected chi connectivity index (χ2v) is 6.90. The third kappa shape index (κ3) is 4.33. The fourth-order valence-electron chi connectivity index (χ4n) is 3.53. The van der Waals surface area contributed by atoms with Crippen molar-refractivity contribution in [1.82, 2.24) is 9.80 Å². The Bertz CT molecular complexity index is 629. The van der Waals surface area contributed by atoms with E-state index in [1.165, 1.54) is 0 Å². The van der Waals surface area contributed by atoms with Gasteiger partial charge in [0.2, 0.25) is 5.91 Å². The summed E-state index contributed by atoms with van der Waals surface area (Å²) in [5.41, 5.74) is 1.86. The summed E-state index contributed by atoms with van der Waals surface area (Å²) in [6, 6.07) is 5.76. The molecule has 0 aliphatic carbocycles. The molecule has 2 amide bonds. The van der Waals surface area contributed by atoms with Gasteiger partial charge in [0.05, 0.1) is 6.61 Å². The molecular weight excluding hydrogens is 316 g/mol. The van der Waals surface area contributed by atoms with Crippen molar-refractivity contribution in [2.75, 3.05) is 32.8 Å². The van der Waals surface area contributed by atoms with Crippen molar-refractivity contribution in [3.63, 3.8) is 0 Å². The molecule has 25 heavy (non-hydrogen) atoms. The van der Waals surface area contributed by atoms with Gasteiger partial charge in [0.25, 0.3) is 5.91 Å². The molecule has 0 saturated carbocycles. The number of carbonyl (C=O) groups is 2. The summed E-state index contributed by atoms with van der Waals surface area (Å²) in [7, 11) is 0. The highest BCUT2D eigenvalue weighted by molar-refractivity contribution is 5.94. The highest BCUT2D eigenvalue weighted by Crippen LogP contribution is 2.26. The molecule has 5 nitrogen and oxygen atoms in total. The molecule has 2 aliphatic heterocycles. The van der Waals surface area contributed by atoms with Crippen LogP contribution in [0.1, 0.15) is 54.9 Å². The topological polar surface area (TPSA) is 49.9 Å². The molecule has 1 saturated heterocycles. The van der Waals surface area contributed by atoms with E-state index in [2.05, 4.69) is 6.92 Å². The Morgan fingerprint density at radius 1 is 1.08 bits per heavy atom.